The summed E-state index contributed by atoms with van der Waals surface area (Å²) in [5, 5.41) is 3.65. The lowest BCUT2D eigenvalue weighted by atomic mass is 10.1. The van der Waals surface area contributed by atoms with Crippen molar-refractivity contribution >= 4 is 17.3 Å². The minimum Gasteiger partial charge on any atom is -0.459 e. The summed E-state index contributed by atoms with van der Waals surface area (Å²) in [5.41, 5.74) is 1.69. The van der Waals surface area contributed by atoms with Gasteiger partial charge in [0.15, 0.2) is 0 Å². The van der Waals surface area contributed by atoms with Gasteiger partial charge in [-0.2, -0.15) is 11.3 Å². The summed E-state index contributed by atoms with van der Waals surface area (Å²) in [6.45, 7) is 1.89. The van der Waals surface area contributed by atoms with Crippen LogP contribution in [0, 0.1) is 0 Å². The van der Waals surface area contributed by atoms with Gasteiger partial charge in [0, 0.05) is 24.2 Å². The highest BCUT2D eigenvalue weighted by Crippen LogP contribution is 2.11. The largest absolute Gasteiger partial charge is 0.459 e. The van der Waals surface area contributed by atoms with Crippen LogP contribution in [0.2, 0.25) is 0 Å². The Bertz CT molecular complexity index is 467. The zero-order chi connectivity index (χ0) is 12.1. The summed E-state index contributed by atoms with van der Waals surface area (Å²) in [5.74, 6) is -0.261. The average molecular weight is 247 g/mol. The average Bonchev–Trinajstić information content (AvgIpc) is 2.83. The fourth-order valence-electron chi connectivity index (χ4n) is 1.52. The number of aromatic nitrogens is 1. The second-order valence-corrected chi connectivity index (χ2v) is 4.57. The van der Waals surface area contributed by atoms with Crippen LogP contribution >= 0.6 is 11.3 Å². The molecule has 0 fully saturated rings. The molecule has 0 amide bonds. The SMILES string of the molecule is CC(Cc1cccnc1)OC(=O)c1ccsc1. The molecule has 1 unspecified atom stereocenters. The van der Waals surface area contributed by atoms with Crippen molar-refractivity contribution in [1.82, 2.24) is 4.98 Å². The molecule has 0 saturated carbocycles. The Kier molecular flexibility index (Phi) is 3.88. The van der Waals surface area contributed by atoms with Crippen LogP contribution in [0.3, 0.4) is 0 Å². The molecule has 88 valence electrons. The highest BCUT2D eigenvalue weighted by Gasteiger charge is 2.12. The first-order valence-electron chi connectivity index (χ1n) is 5.38. The number of ether oxygens (including phenoxy) is 1. The standard InChI is InChI=1S/C13H13NO2S/c1-10(7-11-3-2-5-14-8-11)16-13(15)12-4-6-17-9-12/h2-6,8-10H,7H2,1H3. The zero-order valence-electron chi connectivity index (χ0n) is 9.50. The molecule has 2 aromatic heterocycles. The van der Waals surface area contributed by atoms with E-state index in [1.165, 1.54) is 11.3 Å². The van der Waals surface area contributed by atoms with E-state index in [0.29, 0.717) is 12.0 Å². The molecule has 0 aliphatic heterocycles. The van der Waals surface area contributed by atoms with Crippen molar-refractivity contribution < 1.29 is 9.53 Å². The van der Waals surface area contributed by atoms with Crippen molar-refractivity contribution in [3.63, 3.8) is 0 Å². The number of carbonyl (C=O) groups is 1. The summed E-state index contributed by atoms with van der Waals surface area (Å²) >= 11 is 1.49. The maximum Gasteiger partial charge on any atom is 0.339 e. The fourth-order valence-corrected chi connectivity index (χ4v) is 2.15. The summed E-state index contributed by atoms with van der Waals surface area (Å²) in [7, 11) is 0. The van der Waals surface area contributed by atoms with E-state index in [2.05, 4.69) is 4.98 Å². The number of nitrogens with zero attached hydrogens (tertiary/aromatic N) is 1. The van der Waals surface area contributed by atoms with E-state index in [4.69, 9.17) is 4.74 Å². The molecule has 0 spiro atoms. The molecule has 17 heavy (non-hydrogen) atoms. The third-order valence-electron chi connectivity index (χ3n) is 2.31. The normalized spacial score (nSPS) is 12.1. The van der Waals surface area contributed by atoms with Crippen molar-refractivity contribution in [3.05, 3.63) is 52.5 Å². The Balaban J connectivity index is 1.90. The van der Waals surface area contributed by atoms with Crippen LogP contribution in [0.1, 0.15) is 22.8 Å². The van der Waals surface area contributed by atoms with Crippen molar-refractivity contribution in [3.8, 4) is 0 Å². The monoisotopic (exact) mass is 247 g/mol. The van der Waals surface area contributed by atoms with E-state index in [0.717, 1.165) is 5.56 Å². The van der Waals surface area contributed by atoms with Crippen LogP contribution in [0.15, 0.2) is 41.4 Å². The number of esters is 1. The van der Waals surface area contributed by atoms with Gasteiger partial charge in [0.2, 0.25) is 0 Å². The molecule has 0 saturated heterocycles. The number of rotatable bonds is 4. The summed E-state index contributed by atoms with van der Waals surface area (Å²) in [4.78, 5) is 15.7. The molecular formula is C13H13NO2S. The second-order valence-electron chi connectivity index (χ2n) is 3.79. The molecule has 1 atom stereocenters. The van der Waals surface area contributed by atoms with Crippen molar-refractivity contribution in [2.45, 2.75) is 19.4 Å². The summed E-state index contributed by atoms with van der Waals surface area (Å²) < 4.78 is 5.34. The third kappa shape index (κ3) is 3.39. The van der Waals surface area contributed by atoms with Gasteiger partial charge in [-0.3, -0.25) is 4.98 Å². The number of hydrogen-bond acceptors (Lipinski definition) is 4. The Hall–Kier alpha value is -1.68. The van der Waals surface area contributed by atoms with Gasteiger partial charge in [0.1, 0.15) is 6.10 Å². The molecule has 3 nitrogen and oxygen atoms in total. The quantitative estimate of drug-likeness (QED) is 0.780. The van der Waals surface area contributed by atoms with Gasteiger partial charge in [0.05, 0.1) is 5.56 Å². The maximum absolute atomic E-state index is 11.7. The van der Waals surface area contributed by atoms with Crippen molar-refractivity contribution in [2.75, 3.05) is 0 Å². The zero-order valence-corrected chi connectivity index (χ0v) is 10.3. The predicted octanol–water partition coefficient (Wildman–Crippen LogP) is 2.93. The van der Waals surface area contributed by atoms with E-state index in [9.17, 15) is 4.79 Å². The number of pyridine rings is 1. The van der Waals surface area contributed by atoms with Gasteiger partial charge in [-0.15, -0.1) is 0 Å². The summed E-state index contributed by atoms with van der Waals surface area (Å²) in [6, 6.07) is 5.62. The van der Waals surface area contributed by atoms with Gasteiger partial charge >= 0.3 is 5.97 Å². The van der Waals surface area contributed by atoms with Crippen molar-refractivity contribution in [1.29, 1.82) is 0 Å². The molecule has 2 aromatic rings. The molecular weight excluding hydrogens is 234 g/mol. The first-order chi connectivity index (χ1) is 8.25. The molecule has 0 N–H and O–H groups in total. The lowest BCUT2D eigenvalue weighted by Gasteiger charge is -2.12. The van der Waals surface area contributed by atoms with Gasteiger partial charge in [-0.05, 0) is 30.0 Å². The Morgan fingerprint density at radius 3 is 3.06 bits per heavy atom. The van der Waals surface area contributed by atoms with Crippen LogP contribution in [-0.2, 0) is 11.2 Å². The molecule has 0 radical (unpaired) electrons. The smallest absolute Gasteiger partial charge is 0.339 e. The van der Waals surface area contributed by atoms with Crippen LogP contribution in [0.4, 0.5) is 0 Å². The van der Waals surface area contributed by atoms with E-state index in [1.807, 2.05) is 24.4 Å². The van der Waals surface area contributed by atoms with Gasteiger partial charge < -0.3 is 4.74 Å². The predicted molar refractivity (Wildman–Crippen MR) is 67.1 cm³/mol. The minimum absolute atomic E-state index is 0.147. The van der Waals surface area contributed by atoms with E-state index in [1.54, 1.807) is 23.8 Å². The molecule has 0 aromatic carbocycles. The molecule has 2 rings (SSSR count). The molecule has 0 bridgehead atoms. The van der Waals surface area contributed by atoms with Crippen molar-refractivity contribution in [2.24, 2.45) is 0 Å². The number of thiophene rings is 1. The molecule has 4 heteroatoms. The van der Waals surface area contributed by atoms with Gasteiger partial charge in [-0.1, -0.05) is 6.07 Å². The van der Waals surface area contributed by atoms with Gasteiger partial charge in [-0.25, -0.2) is 4.79 Å². The fraction of sp³-hybridized carbons (Fsp3) is 0.231. The van der Waals surface area contributed by atoms with E-state index in [-0.39, 0.29) is 12.1 Å². The molecule has 2 heterocycles. The van der Waals surface area contributed by atoms with Crippen LogP contribution in [0.5, 0.6) is 0 Å². The molecule has 0 aliphatic carbocycles. The Morgan fingerprint density at radius 1 is 1.53 bits per heavy atom. The van der Waals surface area contributed by atoms with Crippen LogP contribution in [0.25, 0.3) is 0 Å². The summed E-state index contributed by atoms with van der Waals surface area (Å²) in [6.07, 6.45) is 4.05. The van der Waals surface area contributed by atoms with E-state index >= 15 is 0 Å². The molecule has 0 aliphatic rings. The van der Waals surface area contributed by atoms with E-state index < -0.39 is 0 Å². The second kappa shape index (κ2) is 5.59. The number of hydrogen-bond donors (Lipinski definition) is 0. The lowest BCUT2D eigenvalue weighted by molar-refractivity contribution is 0.0343. The highest BCUT2D eigenvalue weighted by molar-refractivity contribution is 7.08. The lowest BCUT2D eigenvalue weighted by Crippen LogP contribution is -2.17. The highest BCUT2D eigenvalue weighted by atomic mass is 32.1. The number of carbonyl (C=O) groups excluding carboxylic acids is 1. The maximum atomic E-state index is 11.7. The van der Waals surface area contributed by atoms with Crippen LogP contribution < -0.4 is 0 Å². The Morgan fingerprint density at radius 2 is 2.41 bits per heavy atom. The third-order valence-corrected chi connectivity index (χ3v) is 2.99. The van der Waals surface area contributed by atoms with Gasteiger partial charge in [0.25, 0.3) is 0 Å². The van der Waals surface area contributed by atoms with Crippen LogP contribution in [-0.4, -0.2) is 17.1 Å². The first-order valence-corrected chi connectivity index (χ1v) is 6.32. The topological polar surface area (TPSA) is 39.2 Å². The first kappa shape index (κ1) is 11.8. The minimum atomic E-state index is -0.261. The Labute approximate surface area is 104 Å².